The molecule has 23 heavy (non-hydrogen) atoms. The summed E-state index contributed by atoms with van der Waals surface area (Å²) >= 11 is 0. The number of urea groups is 1. The Kier molecular flexibility index (Phi) is 5.24. The van der Waals surface area contributed by atoms with Crippen LogP contribution in [0.2, 0.25) is 0 Å². The van der Waals surface area contributed by atoms with Gasteiger partial charge >= 0.3 is 6.03 Å². The second-order valence-electron chi connectivity index (χ2n) is 6.05. The molecule has 6 nitrogen and oxygen atoms in total. The van der Waals surface area contributed by atoms with E-state index < -0.39 is 0 Å². The number of aromatic nitrogens is 3. The first kappa shape index (κ1) is 15.5. The van der Waals surface area contributed by atoms with Gasteiger partial charge in [-0.05, 0) is 36.8 Å². The van der Waals surface area contributed by atoms with Crippen molar-refractivity contribution >= 4 is 6.03 Å². The molecule has 2 N–H and O–H groups in total. The van der Waals surface area contributed by atoms with E-state index in [1.807, 2.05) is 17.2 Å². The molecular weight excluding hydrogens is 290 g/mol. The van der Waals surface area contributed by atoms with Crippen LogP contribution in [0, 0.1) is 5.92 Å². The first-order chi connectivity index (χ1) is 11.3. The lowest BCUT2D eigenvalue weighted by Crippen LogP contribution is -2.45. The van der Waals surface area contributed by atoms with Crippen LogP contribution >= 0.6 is 0 Å². The van der Waals surface area contributed by atoms with Gasteiger partial charge in [-0.25, -0.2) is 9.78 Å². The summed E-state index contributed by atoms with van der Waals surface area (Å²) in [6.07, 6.45) is 11.1. The van der Waals surface area contributed by atoms with E-state index in [9.17, 15) is 4.79 Å². The van der Waals surface area contributed by atoms with E-state index in [-0.39, 0.29) is 6.03 Å². The quantitative estimate of drug-likeness (QED) is 0.887. The van der Waals surface area contributed by atoms with Gasteiger partial charge in [0, 0.05) is 50.3 Å². The minimum absolute atomic E-state index is 0.0457. The Morgan fingerprint density at radius 1 is 1.30 bits per heavy atom. The van der Waals surface area contributed by atoms with Gasteiger partial charge in [0.15, 0.2) is 0 Å². The molecule has 1 aliphatic rings. The van der Waals surface area contributed by atoms with Crippen LogP contribution in [0.5, 0.6) is 0 Å². The SMILES string of the molecule is O=C(NCCc1cnc[nH]1)N1CCC(Cc2cccnc2)CC1. The number of carbonyl (C=O) groups excluding carboxylic acids is 1. The van der Waals surface area contributed by atoms with Crippen LogP contribution in [-0.4, -0.2) is 45.5 Å². The van der Waals surface area contributed by atoms with Crippen molar-refractivity contribution in [2.45, 2.75) is 25.7 Å². The van der Waals surface area contributed by atoms with Crippen LogP contribution in [0.15, 0.2) is 37.1 Å². The highest BCUT2D eigenvalue weighted by Gasteiger charge is 2.22. The van der Waals surface area contributed by atoms with Crippen molar-refractivity contribution < 1.29 is 4.79 Å². The standard InChI is InChI=1S/C17H23N5O/c23-17(20-7-3-16-12-19-13-21-16)22-8-4-14(5-9-22)10-15-2-1-6-18-11-15/h1-2,6,11-14H,3-5,7-10H2,(H,19,21)(H,20,23). The van der Waals surface area contributed by atoms with Gasteiger partial charge in [-0.2, -0.15) is 0 Å². The Hall–Kier alpha value is -2.37. The lowest BCUT2D eigenvalue weighted by molar-refractivity contribution is 0.170. The fourth-order valence-corrected chi connectivity index (χ4v) is 3.03. The maximum atomic E-state index is 12.2. The number of carbonyl (C=O) groups is 1. The number of aromatic amines is 1. The van der Waals surface area contributed by atoms with Crippen LogP contribution in [0.4, 0.5) is 4.79 Å². The summed E-state index contributed by atoms with van der Waals surface area (Å²) in [4.78, 5) is 25.3. The van der Waals surface area contributed by atoms with Crippen molar-refractivity contribution in [3.05, 3.63) is 48.3 Å². The van der Waals surface area contributed by atoms with E-state index in [0.29, 0.717) is 12.5 Å². The third-order valence-electron chi connectivity index (χ3n) is 4.37. The molecule has 2 aromatic rings. The summed E-state index contributed by atoms with van der Waals surface area (Å²) in [5, 5.41) is 2.98. The van der Waals surface area contributed by atoms with Crippen molar-refractivity contribution in [3.8, 4) is 0 Å². The molecule has 0 unspecified atom stereocenters. The lowest BCUT2D eigenvalue weighted by Gasteiger charge is -2.32. The minimum atomic E-state index is 0.0457. The molecule has 1 saturated heterocycles. The van der Waals surface area contributed by atoms with Crippen LogP contribution in [0.25, 0.3) is 0 Å². The van der Waals surface area contributed by atoms with Crippen molar-refractivity contribution in [2.24, 2.45) is 5.92 Å². The number of H-pyrrole nitrogens is 1. The van der Waals surface area contributed by atoms with Gasteiger partial charge in [0.25, 0.3) is 0 Å². The van der Waals surface area contributed by atoms with Crippen LogP contribution in [0.3, 0.4) is 0 Å². The molecule has 0 aliphatic carbocycles. The Bertz CT molecular complexity index is 591. The largest absolute Gasteiger partial charge is 0.348 e. The summed E-state index contributed by atoms with van der Waals surface area (Å²) in [6.45, 7) is 2.30. The van der Waals surface area contributed by atoms with Gasteiger partial charge < -0.3 is 15.2 Å². The second kappa shape index (κ2) is 7.76. The predicted molar refractivity (Wildman–Crippen MR) is 87.9 cm³/mol. The molecule has 3 rings (SSSR count). The molecule has 0 bridgehead atoms. The predicted octanol–water partition coefficient (Wildman–Crippen LogP) is 2.01. The van der Waals surface area contributed by atoms with Crippen LogP contribution in [0.1, 0.15) is 24.1 Å². The molecule has 0 atom stereocenters. The fourth-order valence-electron chi connectivity index (χ4n) is 3.03. The maximum Gasteiger partial charge on any atom is 0.317 e. The van der Waals surface area contributed by atoms with E-state index in [1.54, 1.807) is 18.7 Å². The molecule has 3 heterocycles. The van der Waals surface area contributed by atoms with Gasteiger partial charge in [-0.15, -0.1) is 0 Å². The molecule has 1 fully saturated rings. The number of pyridine rings is 1. The van der Waals surface area contributed by atoms with Gasteiger partial charge in [-0.3, -0.25) is 4.98 Å². The first-order valence-electron chi connectivity index (χ1n) is 8.20. The number of hydrogen-bond acceptors (Lipinski definition) is 3. The number of nitrogens with zero attached hydrogens (tertiary/aromatic N) is 3. The summed E-state index contributed by atoms with van der Waals surface area (Å²) in [5.74, 6) is 0.647. The van der Waals surface area contributed by atoms with Crippen LogP contribution < -0.4 is 5.32 Å². The molecule has 0 radical (unpaired) electrons. The van der Waals surface area contributed by atoms with E-state index in [0.717, 1.165) is 44.5 Å². The van der Waals surface area contributed by atoms with Crippen molar-refractivity contribution in [2.75, 3.05) is 19.6 Å². The topological polar surface area (TPSA) is 73.9 Å². The average Bonchev–Trinajstić information content (AvgIpc) is 3.10. The van der Waals surface area contributed by atoms with E-state index in [2.05, 4.69) is 26.3 Å². The molecular formula is C17H23N5O. The van der Waals surface area contributed by atoms with Crippen molar-refractivity contribution in [3.63, 3.8) is 0 Å². The zero-order valence-electron chi connectivity index (χ0n) is 13.2. The Morgan fingerprint density at radius 3 is 2.87 bits per heavy atom. The van der Waals surface area contributed by atoms with Crippen molar-refractivity contribution in [1.82, 2.24) is 25.2 Å². The summed E-state index contributed by atoms with van der Waals surface area (Å²) in [7, 11) is 0. The monoisotopic (exact) mass is 313 g/mol. The van der Waals surface area contributed by atoms with Gasteiger partial charge in [0.1, 0.15) is 0 Å². The maximum absolute atomic E-state index is 12.2. The number of hydrogen-bond donors (Lipinski definition) is 2. The van der Waals surface area contributed by atoms with E-state index in [4.69, 9.17) is 0 Å². The Labute approximate surface area is 136 Å². The molecule has 0 saturated carbocycles. The number of imidazole rings is 1. The highest BCUT2D eigenvalue weighted by atomic mass is 16.2. The second-order valence-corrected chi connectivity index (χ2v) is 6.05. The molecule has 6 heteroatoms. The summed E-state index contributed by atoms with van der Waals surface area (Å²) in [5.41, 5.74) is 2.33. The number of piperidine rings is 1. The number of rotatable bonds is 5. The molecule has 0 aromatic carbocycles. The summed E-state index contributed by atoms with van der Waals surface area (Å²) in [6, 6.07) is 4.16. The zero-order valence-corrected chi connectivity index (χ0v) is 13.2. The average molecular weight is 313 g/mol. The van der Waals surface area contributed by atoms with E-state index >= 15 is 0 Å². The van der Waals surface area contributed by atoms with Gasteiger partial charge in [0.05, 0.1) is 6.33 Å². The minimum Gasteiger partial charge on any atom is -0.348 e. The smallest absolute Gasteiger partial charge is 0.317 e. The van der Waals surface area contributed by atoms with E-state index in [1.165, 1.54) is 5.56 Å². The highest BCUT2D eigenvalue weighted by Crippen LogP contribution is 2.21. The third-order valence-corrected chi connectivity index (χ3v) is 4.37. The van der Waals surface area contributed by atoms with Crippen molar-refractivity contribution in [1.29, 1.82) is 0 Å². The molecule has 2 amide bonds. The Balaban J connectivity index is 1.37. The Morgan fingerprint density at radius 2 is 2.17 bits per heavy atom. The molecule has 0 spiro atoms. The summed E-state index contributed by atoms with van der Waals surface area (Å²) < 4.78 is 0. The van der Waals surface area contributed by atoms with Gasteiger partial charge in [0.2, 0.25) is 0 Å². The zero-order chi connectivity index (χ0) is 15.9. The first-order valence-corrected chi connectivity index (χ1v) is 8.20. The van der Waals surface area contributed by atoms with Gasteiger partial charge in [-0.1, -0.05) is 6.07 Å². The fraction of sp³-hybridized carbons (Fsp3) is 0.471. The molecule has 2 aromatic heterocycles. The highest BCUT2D eigenvalue weighted by molar-refractivity contribution is 5.74. The number of nitrogens with one attached hydrogen (secondary N) is 2. The molecule has 1 aliphatic heterocycles. The number of amides is 2. The van der Waals surface area contributed by atoms with Crippen LogP contribution in [-0.2, 0) is 12.8 Å². The lowest BCUT2D eigenvalue weighted by atomic mass is 9.91. The number of likely N-dealkylation sites (tertiary alicyclic amines) is 1. The third kappa shape index (κ3) is 4.55. The normalized spacial score (nSPS) is 15.6. The molecule has 122 valence electrons.